The molecule has 3 aliphatic carbocycles. The van der Waals surface area contributed by atoms with Gasteiger partial charge in [0, 0.05) is 12.6 Å². The molecule has 1 aromatic rings. The van der Waals surface area contributed by atoms with E-state index >= 15 is 0 Å². The minimum absolute atomic E-state index is 0. The van der Waals surface area contributed by atoms with Crippen molar-refractivity contribution in [3.63, 3.8) is 0 Å². The fraction of sp³-hybridized carbons (Fsp3) is 0.632. The summed E-state index contributed by atoms with van der Waals surface area (Å²) in [6.45, 7) is 7.88. The van der Waals surface area contributed by atoms with Gasteiger partial charge in [-0.15, -0.1) is 12.4 Å². The summed E-state index contributed by atoms with van der Waals surface area (Å²) in [6.07, 6.45) is 2.21. The van der Waals surface area contributed by atoms with Crippen LogP contribution in [0.2, 0.25) is 0 Å². The molecule has 1 aromatic carbocycles. The molecule has 1 N–H and O–H groups in total. The van der Waals surface area contributed by atoms with Gasteiger partial charge in [-0.05, 0) is 42.6 Å². The molecule has 0 amide bonds. The minimum atomic E-state index is -0.0155. The lowest BCUT2D eigenvalue weighted by Crippen LogP contribution is -2.64. The number of nitrogens with one attached hydrogen (secondary N) is 1. The Balaban J connectivity index is 0.00000192. The van der Waals surface area contributed by atoms with Crippen LogP contribution in [0.1, 0.15) is 39.2 Å². The third-order valence-corrected chi connectivity index (χ3v) is 5.93. The molecule has 3 aliphatic rings. The number of ether oxygens (including phenoxy) is 1. The predicted octanol–water partition coefficient (Wildman–Crippen LogP) is 3.81. The first-order valence-corrected chi connectivity index (χ1v) is 8.48. The third kappa shape index (κ3) is 3.41. The molecule has 128 valence electrons. The SMILES string of the molecule is CCOC(=O)[C@@H]1C[C@H]2C[C@@H]([C@H]1NCc1ccccc1)C2(C)C.Cl. The first kappa shape index (κ1) is 18.3. The van der Waals surface area contributed by atoms with E-state index in [1.165, 1.54) is 12.0 Å². The average Bonchev–Trinajstić information content (AvgIpc) is 2.53. The van der Waals surface area contributed by atoms with Crippen LogP contribution in [0.25, 0.3) is 0 Å². The Kier molecular flexibility index (Phi) is 5.74. The molecule has 4 rings (SSSR count). The lowest BCUT2D eigenvalue weighted by molar-refractivity contribution is -0.167. The highest BCUT2D eigenvalue weighted by molar-refractivity contribution is 5.85. The molecule has 0 saturated heterocycles. The van der Waals surface area contributed by atoms with Gasteiger partial charge < -0.3 is 10.1 Å². The predicted molar refractivity (Wildman–Crippen MR) is 94.4 cm³/mol. The summed E-state index contributed by atoms with van der Waals surface area (Å²) in [6, 6.07) is 10.6. The van der Waals surface area contributed by atoms with Gasteiger partial charge in [-0.3, -0.25) is 4.79 Å². The Morgan fingerprint density at radius 3 is 2.57 bits per heavy atom. The zero-order chi connectivity index (χ0) is 15.7. The number of fused-ring (bicyclic) bond motifs is 2. The Hall–Kier alpha value is -1.06. The summed E-state index contributed by atoms with van der Waals surface area (Å²) in [5.41, 5.74) is 1.61. The number of carbonyl (C=O) groups is 1. The quantitative estimate of drug-likeness (QED) is 0.830. The molecule has 23 heavy (non-hydrogen) atoms. The Morgan fingerprint density at radius 1 is 1.26 bits per heavy atom. The summed E-state index contributed by atoms with van der Waals surface area (Å²) in [7, 11) is 0. The van der Waals surface area contributed by atoms with Crippen LogP contribution in [0.5, 0.6) is 0 Å². The van der Waals surface area contributed by atoms with Gasteiger partial charge in [0.25, 0.3) is 0 Å². The number of benzene rings is 1. The summed E-state index contributed by atoms with van der Waals surface area (Å²) < 4.78 is 5.32. The summed E-state index contributed by atoms with van der Waals surface area (Å²) >= 11 is 0. The standard InChI is InChI=1S/C19H27NO2.ClH/c1-4-22-18(21)15-10-14-11-16(19(14,2)3)17(15)20-12-13-8-6-5-7-9-13;/h5-9,14-17,20H,4,10-12H2,1-3H3;1H/t14-,15+,16-,17-;/m0./s1. The van der Waals surface area contributed by atoms with Crippen LogP contribution in [-0.4, -0.2) is 18.6 Å². The van der Waals surface area contributed by atoms with Gasteiger partial charge >= 0.3 is 5.97 Å². The van der Waals surface area contributed by atoms with Crippen LogP contribution in [0.3, 0.4) is 0 Å². The highest BCUT2D eigenvalue weighted by Crippen LogP contribution is 2.60. The second kappa shape index (κ2) is 7.23. The number of rotatable bonds is 5. The van der Waals surface area contributed by atoms with Crippen molar-refractivity contribution in [2.75, 3.05) is 6.61 Å². The molecular formula is C19H28ClNO2. The lowest BCUT2D eigenvalue weighted by Gasteiger charge is -2.62. The molecule has 4 atom stereocenters. The minimum Gasteiger partial charge on any atom is -0.466 e. The maximum atomic E-state index is 12.3. The largest absolute Gasteiger partial charge is 0.466 e. The molecule has 3 fully saturated rings. The van der Waals surface area contributed by atoms with E-state index < -0.39 is 0 Å². The van der Waals surface area contributed by atoms with Crippen molar-refractivity contribution in [2.24, 2.45) is 23.2 Å². The van der Waals surface area contributed by atoms with Gasteiger partial charge in [-0.25, -0.2) is 0 Å². The van der Waals surface area contributed by atoms with Crippen molar-refractivity contribution < 1.29 is 9.53 Å². The second-order valence-electron chi connectivity index (χ2n) is 7.35. The zero-order valence-corrected chi connectivity index (χ0v) is 15.1. The highest BCUT2D eigenvalue weighted by atomic mass is 35.5. The van der Waals surface area contributed by atoms with Crippen molar-refractivity contribution in [2.45, 2.75) is 46.2 Å². The molecule has 0 aliphatic heterocycles. The van der Waals surface area contributed by atoms with Crippen LogP contribution >= 0.6 is 12.4 Å². The van der Waals surface area contributed by atoms with Crippen molar-refractivity contribution in [1.29, 1.82) is 0 Å². The fourth-order valence-corrected chi connectivity index (χ4v) is 4.41. The molecule has 0 radical (unpaired) electrons. The number of halogens is 1. The maximum absolute atomic E-state index is 12.3. The molecule has 0 aromatic heterocycles. The van der Waals surface area contributed by atoms with Crippen LogP contribution in [-0.2, 0) is 16.1 Å². The van der Waals surface area contributed by atoms with Crippen molar-refractivity contribution in [3.8, 4) is 0 Å². The Morgan fingerprint density at radius 2 is 1.96 bits per heavy atom. The molecule has 0 heterocycles. The fourth-order valence-electron chi connectivity index (χ4n) is 4.41. The van der Waals surface area contributed by atoms with E-state index in [1.54, 1.807) is 0 Å². The first-order valence-electron chi connectivity index (χ1n) is 8.48. The lowest BCUT2D eigenvalue weighted by atomic mass is 9.45. The second-order valence-corrected chi connectivity index (χ2v) is 7.35. The monoisotopic (exact) mass is 337 g/mol. The molecule has 4 heteroatoms. The van der Waals surface area contributed by atoms with Crippen LogP contribution in [0, 0.1) is 23.2 Å². The van der Waals surface area contributed by atoms with E-state index in [0.717, 1.165) is 13.0 Å². The average molecular weight is 338 g/mol. The van der Waals surface area contributed by atoms with Crippen molar-refractivity contribution >= 4 is 18.4 Å². The summed E-state index contributed by atoms with van der Waals surface area (Å²) in [5.74, 6) is 1.24. The summed E-state index contributed by atoms with van der Waals surface area (Å²) in [5, 5.41) is 3.67. The first-order chi connectivity index (χ1) is 10.5. The molecule has 0 spiro atoms. The highest BCUT2D eigenvalue weighted by Gasteiger charge is 2.59. The Labute approximate surface area is 145 Å². The van der Waals surface area contributed by atoms with E-state index in [2.05, 4.69) is 43.4 Å². The number of esters is 1. The molecule has 2 bridgehead atoms. The topological polar surface area (TPSA) is 38.3 Å². The van der Waals surface area contributed by atoms with E-state index in [4.69, 9.17) is 4.74 Å². The number of carbonyl (C=O) groups excluding carboxylic acids is 1. The van der Waals surface area contributed by atoms with Crippen LogP contribution < -0.4 is 5.32 Å². The Bertz CT molecular complexity index is 531. The third-order valence-electron chi connectivity index (χ3n) is 5.93. The molecule has 3 saturated carbocycles. The van der Waals surface area contributed by atoms with Crippen molar-refractivity contribution in [3.05, 3.63) is 35.9 Å². The van der Waals surface area contributed by atoms with E-state index in [-0.39, 0.29) is 30.3 Å². The molecular weight excluding hydrogens is 310 g/mol. The van der Waals surface area contributed by atoms with Gasteiger partial charge in [-0.1, -0.05) is 44.2 Å². The van der Waals surface area contributed by atoms with Crippen LogP contribution in [0.15, 0.2) is 30.3 Å². The summed E-state index contributed by atoms with van der Waals surface area (Å²) in [4.78, 5) is 12.3. The van der Waals surface area contributed by atoms with Gasteiger partial charge in [0.2, 0.25) is 0 Å². The molecule has 3 nitrogen and oxygen atoms in total. The molecule has 0 unspecified atom stereocenters. The van der Waals surface area contributed by atoms with Crippen LogP contribution in [0.4, 0.5) is 0 Å². The van der Waals surface area contributed by atoms with Gasteiger partial charge in [0.15, 0.2) is 0 Å². The smallest absolute Gasteiger partial charge is 0.310 e. The van der Waals surface area contributed by atoms with Gasteiger partial charge in [-0.2, -0.15) is 0 Å². The normalized spacial score (nSPS) is 30.7. The number of hydrogen-bond donors (Lipinski definition) is 1. The number of hydrogen-bond acceptors (Lipinski definition) is 3. The van der Waals surface area contributed by atoms with Gasteiger partial charge in [0.05, 0.1) is 12.5 Å². The van der Waals surface area contributed by atoms with E-state index in [0.29, 0.717) is 23.9 Å². The van der Waals surface area contributed by atoms with E-state index in [9.17, 15) is 4.79 Å². The van der Waals surface area contributed by atoms with E-state index in [1.807, 2.05) is 13.0 Å². The zero-order valence-electron chi connectivity index (χ0n) is 14.2. The van der Waals surface area contributed by atoms with Crippen molar-refractivity contribution in [1.82, 2.24) is 5.32 Å². The van der Waals surface area contributed by atoms with Gasteiger partial charge in [0.1, 0.15) is 0 Å². The maximum Gasteiger partial charge on any atom is 0.310 e.